The molecule has 0 aliphatic carbocycles. The van der Waals surface area contributed by atoms with Crippen LogP contribution in [0.5, 0.6) is 5.75 Å². The zero-order valence-corrected chi connectivity index (χ0v) is 13.3. The monoisotopic (exact) mass is 290 g/mol. The number of nitrogens with zero attached hydrogens (tertiary/aromatic N) is 1. The Labute approximate surface area is 127 Å². The minimum absolute atomic E-state index is 0.0641. The Kier molecular flexibility index (Phi) is 5.62. The third kappa shape index (κ3) is 5.38. The highest BCUT2D eigenvalue weighted by Crippen LogP contribution is 2.18. The van der Waals surface area contributed by atoms with Crippen molar-refractivity contribution in [1.29, 1.82) is 0 Å². The quantitative estimate of drug-likeness (QED) is 0.906. The second-order valence-electron chi connectivity index (χ2n) is 6.09. The van der Waals surface area contributed by atoms with E-state index in [2.05, 4.69) is 22.3 Å². The van der Waals surface area contributed by atoms with Crippen LogP contribution in [0.15, 0.2) is 24.3 Å². The Balaban J connectivity index is 1.93. The van der Waals surface area contributed by atoms with Gasteiger partial charge in [-0.05, 0) is 50.9 Å². The first-order valence-corrected chi connectivity index (χ1v) is 7.78. The van der Waals surface area contributed by atoms with E-state index in [4.69, 9.17) is 4.74 Å². The summed E-state index contributed by atoms with van der Waals surface area (Å²) in [5.41, 5.74) is 1.26. The van der Waals surface area contributed by atoms with Crippen molar-refractivity contribution >= 4 is 5.91 Å². The Morgan fingerprint density at radius 1 is 1.48 bits per heavy atom. The third-order valence-corrected chi connectivity index (χ3v) is 3.59. The molecule has 21 heavy (non-hydrogen) atoms. The fraction of sp³-hybridized carbons (Fsp3) is 0.588. The number of likely N-dealkylation sites (tertiary alicyclic amines) is 1. The number of carbonyl (C=O) groups excluding carboxylic acids is 1. The van der Waals surface area contributed by atoms with Crippen molar-refractivity contribution in [3.05, 3.63) is 29.8 Å². The number of ether oxygens (including phenoxy) is 1. The van der Waals surface area contributed by atoms with Crippen molar-refractivity contribution in [2.75, 3.05) is 13.1 Å². The number of hydrogen-bond donors (Lipinski definition) is 1. The molecule has 0 saturated carbocycles. The standard InChI is InChI=1S/C17H26N2O2/c1-13(2)21-17-8-4-6-15(10-17)11-19-9-5-7-16(12-19)18-14(3)20/h4,6,8,10,13,16H,5,7,9,11-12H2,1-3H3,(H,18,20). The summed E-state index contributed by atoms with van der Waals surface area (Å²) >= 11 is 0. The van der Waals surface area contributed by atoms with Crippen LogP contribution < -0.4 is 10.1 Å². The van der Waals surface area contributed by atoms with Crippen LogP contribution in [0.4, 0.5) is 0 Å². The van der Waals surface area contributed by atoms with E-state index in [-0.39, 0.29) is 18.1 Å². The molecule has 1 aliphatic rings. The molecule has 1 aromatic rings. The maximum absolute atomic E-state index is 11.2. The van der Waals surface area contributed by atoms with Crippen LogP contribution in [0, 0.1) is 0 Å². The van der Waals surface area contributed by atoms with Gasteiger partial charge < -0.3 is 10.1 Å². The highest BCUT2D eigenvalue weighted by Gasteiger charge is 2.20. The molecule has 1 amide bonds. The van der Waals surface area contributed by atoms with Crippen LogP contribution >= 0.6 is 0 Å². The van der Waals surface area contributed by atoms with Crippen LogP contribution in [0.2, 0.25) is 0 Å². The molecule has 1 unspecified atom stereocenters. The van der Waals surface area contributed by atoms with Crippen molar-refractivity contribution in [3.8, 4) is 5.75 Å². The minimum atomic E-state index is 0.0641. The van der Waals surface area contributed by atoms with E-state index in [1.807, 2.05) is 26.0 Å². The van der Waals surface area contributed by atoms with Gasteiger partial charge in [0.05, 0.1) is 6.10 Å². The molecule has 1 fully saturated rings. The summed E-state index contributed by atoms with van der Waals surface area (Å²) in [5, 5.41) is 3.03. The van der Waals surface area contributed by atoms with Crippen LogP contribution in [-0.4, -0.2) is 36.0 Å². The van der Waals surface area contributed by atoms with Gasteiger partial charge in [0, 0.05) is 26.1 Å². The van der Waals surface area contributed by atoms with E-state index in [9.17, 15) is 4.79 Å². The summed E-state index contributed by atoms with van der Waals surface area (Å²) in [4.78, 5) is 13.6. The number of carbonyl (C=O) groups is 1. The first kappa shape index (κ1) is 15.8. The van der Waals surface area contributed by atoms with Crippen molar-refractivity contribution in [1.82, 2.24) is 10.2 Å². The predicted molar refractivity (Wildman–Crippen MR) is 84.3 cm³/mol. The van der Waals surface area contributed by atoms with Gasteiger partial charge in [0.15, 0.2) is 0 Å². The van der Waals surface area contributed by atoms with E-state index in [1.54, 1.807) is 6.92 Å². The van der Waals surface area contributed by atoms with Crippen molar-refractivity contribution in [3.63, 3.8) is 0 Å². The largest absolute Gasteiger partial charge is 0.491 e. The molecular formula is C17H26N2O2. The fourth-order valence-corrected chi connectivity index (χ4v) is 2.85. The zero-order valence-electron chi connectivity index (χ0n) is 13.3. The summed E-state index contributed by atoms with van der Waals surface area (Å²) in [5.74, 6) is 0.993. The highest BCUT2D eigenvalue weighted by atomic mass is 16.5. The molecule has 4 heteroatoms. The molecular weight excluding hydrogens is 264 g/mol. The lowest BCUT2D eigenvalue weighted by molar-refractivity contribution is -0.120. The second kappa shape index (κ2) is 7.46. The normalized spacial score (nSPS) is 19.5. The molecule has 4 nitrogen and oxygen atoms in total. The van der Waals surface area contributed by atoms with Crippen molar-refractivity contribution in [2.24, 2.45) is 0 Å². The van der Waals surface area contributed by atoms with Gasteiger partial charge in [-0.15, -0.1) is 0 Å². The highest BCUT2D eigenvalue weighted by molar-refractivity contribution is 5.73. The molecule has 1 aliphatic heterocycles. The van der Waals surface area contributed by atoms with E-state index < -0.39 is 0 Å². The van der Waals surface area contributed by atoms with E-state index >= 15 is 0 Å². The van der Waals surface area contributed by atoms with Crippen LogP contribution in [0.25, 0.3) is 0 Å². The Hall–Kier alpha value is -1.55. The number of hydrogen-bond acceptors (Lipinski definition) is 3. The summed E-state index contributed by atoms with van der Waals surface area (Å²) in [6.07, 6.45) is 2.40. The number of piperidine rings is 1. The first-order valence-electron chi connectivity index (χ1n) is 7.78. The van der Waals surface area contributed by atoms with Crippen molar-refractivity contribution in [2.45, 2.75) is 52.3 Å². The second-order valence-corrected chi connectivity index (χ2v) is 6.09. The average Bonchev–Trinajstić information content (AvgIpc) is 2.37. The maximum Gasteiger partial charge on any atom is 0.217 e. The SMILES string of the molecule is CC(=O)NC1CCCN(Cc2cccc(OC(C)C)c2)C1. The van der Waals surface area contributed by atoms with E-state index in [0.717, 1.165) is 38.2 Å². The van der Waals surface area contributed by atoms with Gasteiger partial charge in [0.2, 0.25) is 5.91 Å². The van der Waals surface area contributed by atoms with Gasteiger partial charge in [-0.3, -0.25) is 9.69 Å². The Morgan fingerprint density at radius 3 is 3.00 bits per heavy atom. The van der Waals surface area contributed by atoms with Gasteiger partial charge in [-0.1, -0.05) is 12.1 Å². The van der Waals surface area contributed by atoms with Gasteiger partial charge in [-0.25, -0.2) is 0 Å². The first-order chi connectivity index (χ1) is 10.0. The molecule has 2 rings (SSSR count). The van der Waals surface area contributed by atoms with Crippen LogP contribution in [0.3, 0.4) is 0 Å². The van der Waals surface area contributed by atoms with Crippen molar-refractivity contribution < 1.29 is 9.53 Å². The van der Waals surface area contributed by atoms with Gasteiger partial charge in [-0.2, -0.15) is 0 Å². The molecule has 0 radical (unpaired) electrons. The summed E-state index contributed by atoms with van der Waals surface area (Å²) in [6.45, 7) is 8.59. The molecule has 0 bridgehead atoms. The van der Waals surface area contributed by atoms with Gasteiger partial charge in [0.1, 0.15) is 5.75 Å². The molecule has 1 heterocycles. The average molecular weight is 290 g/mol. The molecule has 1 saturated heterocycles. The number of benzene rings is 1. The smallest absolute Gasteiger partial charge is 0.217 e. The molecule has 1 aromatic carbocycles. The molecule has 1 atom stereocenters. The molecule has 1 N–H and O–H groups in total. The summed E-state index contributed by atoms with van der Waals surface area (Å²) in [6, 6.07) is 8.57. The molecule has 0 spiro atoms. The van der Waals surface area contributed by atoms with Gasteiger partial charge >= 0.3 is 0 Å². The number of amides is 1. The lowest BCUT2D eigenvalue weighted by Crippen LogP contribution is -2.46. The van der Waals surface area contributed by atoms with E-state index in [1.165, 1.54) is 5.56 Å². The third-order valence-electron chi connectivity index (χ3n) is 3.59. The maximum atomic E-state index is 11.2. The lowest BCUT2D eigenvalue weighted by atomic mass is 10.0. The van der Waals surface area contributed by atoms with Gasteiger partial charge in [0.25, 0.3) is 0 Å². The lowest BCUT2D eigenvalue weighted by Gasteiger charge is -2.33. The predicted octanol–water partition coefficient (Wildman–Crippen LogP) is 2.57. The fourth-order valence-electron chi connectivity index (χ4n) is 2.85. The van der Waals surface area contributed by atoms with Crippen LogP contribution in [0.1, 0.15) is 39.2 Å². The Morgan fingerprint density at radius 2 is 2.29 bits per heavy atom. The Bertz CT molecular complexity index is 474. The summed E-state index contributed by atoms with van der Waals surface area (Å²) in [7, 11) is 0. The minimum Gasteiger partial charge on any atom is -0.491 e. The number of rotatable bonds is 5. The topological polar surface area (TPSA) is 41.6 Å². The summed E-state index contributed by atoms with van der Waals surface area (Å²) < 4.78 is 5.74. The van der Waals surface area contributed by atoms with Crippen LogP contribution in [-0.2, 0) is 11.3 Å². The molecule has 116 valence electrons. The molecule has 0 aromatic heterocycles. The zero-order chi connectivity index (χ0) is 15.2. The number of nitrogens with one attached hydrogen (secondary N) is 1. The van der Waals surface area contributed by atoms with E-state index in [0.29, 0.717) is 0 Å².